The Morgan fingerprint density at radius 2 is 1.72 bits per heavy atom. The summed E-state index contributed by atoms with van der Waals surface area (Å²) in [5.41, 5.74) is 1.37. The first-order valence-electron chi connectivity index (χ1n) is 6.46. The molecule has 2 N–H and O–H groups in total. The zero-order chi connectivity index (χ0) is 14.7. The minimum atomic E-state index is -0.886. The van der Waals surface area contributed by atoms with Gasteiger partial charge in [-0.1, -0.05) is 46.2 Å². The molecule has 0 fully saturated rings. The van der Waals surface area contributed by atoms with E-state index in [0.717, 1.165) is 5.56 Å². The van der Waals surface area contributed by atoms with Crippen LogP contribution in [-0.4, -0.2) is 16.2 Å². The van der Waals surface area contributed by atoms with E-state index in [1.807, 2.05) is 13.8 Å². The fourth-order valence-corrected chi connectivity index (χ4v) is 1.04. The highest BCUT2D eigenvalue weighted by molar-refractivity contribution is 5.75. The topological polar surface area (TPSA) is 57.5 Å². The summed E-state index contributed by atoms with van der Waals surface area (Å²) in [5, 5.41) is 18.1. The van der Waals surface area contributed by atoms with E-state index in [1.54, 1.807) is 26.0 Å². The van der Waals surface area contributed by atoms with Crippen LogP contribution in [0.3, 0.4) is 0 Å². The van der Waals surface area contributed by atoms with Gasteiger partial charge in [0.25, 0.3) is 0 Å². The Hall–Kier alpha value is -1.51. The van der Waals surface area contributed by atoms with Gasteiger partial charge in [0.1, 0.15) is 5.75 Å². The number of benzene rings is 1. The van der Waals surface area contributed by atoms with Crippen molar-refractivity contribution in [3.8, 4) is 5.75 Å². The van der Waals surface area contributed by atoms with Crippen LogP contribution < -0.4 is 0 Å². The first kappa shape index (κ1) is 18.8. The molecule has 3 nitrogen and oxygen atoms in total. The third-order valence-corrected chi connectivity index (χ3v) is 2.10. The Bertz CT molecular complexity index is 346. The van der Waals surface area contributed by atoms with E-state index in [1.165, 1.54) is 12.5 Å². The monoisotopic (exact) mass is 254 g/mol. The Morgan fingerprint density at radius 1 is 1.28 bits per heavy atom. The summed E-state index contributed by atoms with van der Waals surface area (Å²) in [7, 11) is 0. The molecule has 1 aromatic rings. The fourth-order valence-electron chi connectivity index (χ4n) is 1.04. The molecule has 0 saturated heterocycles. The van der Waals surface area contributed by atoms with Crippen LogP contribution in [-0.2, 0) is 4.79 Å². The highest BCUT2D eigenvalue weighted by Gasteiger charge is 2.14. The summed E-state index contributed by atoms with van der Waals surface area (Å²) in [6, 6.07) is 4.92. The SMILES string of the molecule is CC.CCC.Cc1ccc(C(C)C(=O)O)cc1O. The summed E-state index contributed by atoms with van der Waals surface area (Å²) in [6.45, 7) is 11.6. The van der Waals surface area contributed by atoms with Gasteiger partial charge in [0, 0.05) is 0 Å². The number of aliphatic carboxylic acids is 1. The van der Waals surface area contributed by atoms with Gasteiger partial charge in [-0.15, -0.1) is 0 Å². The molecular weight excluding hydrogens is 228 g/mol. The van der Waals surface area contributed by atoms with E-state index in [-0.39, 0.29) is 5.75 Å². The zero-order valence-corrected chi connectivity index (χ0v) is 12.3. The lowest BCUT2D eigenvalue weighted by Crippen LogP contribution is -2.07. The number of rotatable bonds is 2. The molecule has 3 heteroatoms. The van der Waals surface area contributed by atoms with Crippen molar-refractivity contribution < 1.29 is 15.0 Å². The van der Waals surface area contributed by atoms with Gasteiger partial charge in [-0.3, -0.25) is 4.79 Å². The largest absolute Gasteiger partial charge is 0.508 e. The van der Waals surface area contributed by atoms with Gasteiger partial charge in [0.05, 0.1) is 5.92 Å². The van der Waals surface area contributed by atoms with Gasteiger partial charge >= 0.3 is 5.97 Å². The predicted octanol–water partition coefficient (Wildman–Crippen LogP) is 4.33. The van der Waals surface area contributed by atoms with E-state index in [9.17, 15) is 9.90 Å². The van der Waals surface area contributed by atoms with Crippen LogP contribution >= 0.6 is 0 Å². The van der Waals surface area contributed by atoms with Crippen molar-refractivity contribution in [2.75, 3.05) is 0 Å². The van der Waals surface area contributed by atoms with E-state index in [4.69, 9.17) is 5.11 Å². The van der Waals surface area contributed by atoms with E-state index in [2.05, 4.69) is 13.8 Å². The Kier molecular flexibility index (Phi) is 11.1. The van der Waals surface area contributed by atoms with Crippen molar-refractivity contribution in [1.29, 1.82) is 0 Å². The number of phenolic OH excluding ortho intramolecular Hbond substituents is 1. The molecule has 0 aliphatic carbocycles. The van der Waals surface area contributed by atoms with Crippen LogP contribution in [0.5, 0.6) is 5.75 Å². The fraction of sp³-hybridized carbons (Fsp3) is 0.533. The average molecular weight is 254 g/mol. The number of aromatic hydroxyl groups is 1. The third kappa shape index (κ3) is 6.94. The summed E-state index contributed by atoms with van der Waals surface area (Å²) in [5.74, 6) is -1.32. The molecule has 1 atom stereocenters. The van der Waals surface area contributed by atoms with Gasteiger partial charge in [0.2, 0.25) is 0 Å². The van der Waals surface area contributed by atoms with Crippen LogP contribution in [0.2, 0.25) is 0 Å². The number of hydrogen-bond donors (Lipinski definition) is 2. The second-order valence-corrected chi connectivity index (χ2v) is 3.81. The number of carbonyl (C=O) groups is 1. The first-order valence-corrected chi connectivity index (χ1v) is 6.46. The Balaban J connectivity index is 0. The molecule has 104 valence electrons. The molecular formula is C15H26O3. The molecule has 0 saturated carbocycles. The number of aryl methyl sites for hydroxylation is 1. The second-order valence-electron chi connectivity index (χ2n) is 3.81. The minimum absolute atomic E-state index is 0.144. The van der Waals surface area contributed by atoms with Crippen LogP contribution in [0, 0.1) is 6.92 Å². The van der Waals surface area contributed by atoms with Crippen LogP contribution in [0.15, 0.2) is 18.2 Å². The summed E-state index contributed by atoms with van der Waals surface area (Å²) in [6.07, 6.45) is 1.25. The van der Waals surface area contributed by atoms with Crippen molar-refractivity contribution in [3.05, 3.63) is 29.3 Å². The van der Waals surface area contributed by atoms with Gasteiger partial charge in [-0.2, -0.15) is 0 Å². The number of hydrogen-bond acceptors (Lipinski definition) is 2. The van der Waals surface area contributed by atoms with E-state index in [0.29, 0.717) is 5.56 Å². The first-order chi connectivity index (χ1) is 8.43. The smallest absolute Gasteiger partial charge is 0.310 e. The summed E-state index contributed by atoms with van der Waals surface area (Å²) < 4.78 is 0. The van der Waals surface area contributed by atoms with Crippen LogP contribution in [0.25, 0.3) is 0 Å². The summed E-state index contributed by atoms with van der Waals surface area (Å²) in [4.78, 5) is 10.6. The molecule has 0 amide bonds. The van der Waals surface area contributed by atoms with Crippen molar-refractivity contribution in [3.63, 3.8) is 0 Å². The lowest BCUT2D eigenvalue weighted by molar-refractivity contribution is -0.138. The van der Waals surface area contributed by atoms with Crippen molar-refractivity contribution in [1.82, 2.24) is 0 Å². The summed E-state index contributed by atoms with van der Waals surface area (Å²) >= 11 is 0. The molecule has 0 aromatic heterocycles. The molecule has 0 spiro atoms. The zero-order valence-electron chi connectivity index (χ0n) is 12.3. The Labute approximate surface area is 110 Å². The van der Waals surface area contributed by atoms with Gasteiger partial charge in [-0.05, 0) is 31.0 Å². The molecule has 0 radical (unpaired) electrons. The van der Waals surface area contributed by atoms with Crippen LogP contribution in [0.4, 0.5) is 0 Å². The molecule has 1 rings (SSSR count). The maximum absolute atomic E-state index is 10.6. The molecule has 0 heterocycles. The highest BCUT2D eigenvalue weighted by Crippen LogP contribution is 2.23. The van der Waals surface area contributed by atoms with Crippen LogP contribution in [0.1, 0.15) is 58.1 Å². The molecule has 1 unspecified atom stereocenters. The minimum Gasteiger partial charge on any atom is -0.508 e. The van der Waals surface area contributed by atoms with E-state index < -0.39 is 11.9 Å². The van der Waals surface area contributed by atoms with Crippen molar-refractivity contribution in [2.24, 2.45) is 0 Å². The third-order valence-electron chi connectivity index (χ3n) is 2.10. The van der Waals surface area contributed by atoms with E-state index >= 15 is 0 Å². The molecule has 1 aromatic carbocycles. The lowest BCUT2D eigenvalue weighted by Gasteiger charge is -2.07. The second kappa shape index (κ2) is 10.6. The Morgan fingerprint density at radius 3 is 2.06 bits per heavy atom. The molecule has 0 aliphatic rings. The van der Waals surface area contributed by atoms with Gasteiger partial charge in [-0.25, -0.2) is 0 Å². The van der Waals surface area contributed by atoms with Gasteiger partial charge < -0.3 is 10.2 Å². The molecule has 0 aliphatic heterocycles. The molecule has 0 bridgehead atoms. The van der Waals surface area contributed by atoms with Crippen molar-refractivity contribution >= 4 is 5.97 Å². The number of carboxylic acids is 1. The quantitative estimate of drug-likeness (QED) is 0.825. The number of carboxylic acid groups (broad SMARTS) is 1. The highest BCUT2D eigenvalue weighted by atomic mass is 16.4. The maximum Gasteiger partial charge on any atom is 0.310 e. The maximum atomic E-state index is 10.6. The standard InChI is InChI=1S/C10H12O3.C3H8.C2H6/c1-6-3-4-8(5-9(6)11)7(2)10(12)13;1-3-2;1-2/h3-5,7,11H,1-2H3,(H,12,13);3H2,1-2H3;1-2H3. The lowest BCUT2D eigenvalue weighted by atomic mass is 10.00. The normalized spacial score (nSPS) is 10.3. The van der Waals surface area contributed by atoms with Crippen molar-refractivity contribution in [2.45, 2.75) is 53.9 Å². The van der Waals surface area contributed by atoms with Gasteiger partial charge in [0.15, 0.2) is 0 Å². The number of phenols is 1. The predicted molar refractivity (Wildman–Crippen MR) is 76.2 cm³/mol. The average Bonchev–Trinajstić information content (AvgIpc) is 2.35. The molecule has 18 heavy (non-hydrogen) atoms.